The molecule has 0 aliphatic carbocycles. The SMILES string of the molecule is O=C(Nc1ccc(N2C(=O)c3ccccc3C2=O)cc1C(F)(F)F)NS(=O)(=O)c1ccc(Cl)s1. The summed E-state index contributed by atoms with van der Waals surface area (Å²) in [5, 5.41) is 1.84. The monoisotopic (exact) mass is 529 g/mol. The lowest BCUT2D eigenvalue weighted by molar-refractivity contribution is -0.136. The van der Waals surface area contributed by atoms with Crippen molar-refractivity contribution in [2.75, 3.05) is 10.2 Å². The Morgan fingerprint density at radius 2 is 1.59 bits per heavy atom. The van der Waals surface area contributed by atoms with E-state index in [1.165, 1.54) is 30.3 Å². The van der Waals surface area contributed by atoms with E-state index in [1.54, 1.807) is 4.72 Å². The Balaban J connectivity index is 1.63. The van der Waals surface area contributed by atoms with E-state index in [1.807, 2.05) is 5.32 Å². The van der Waals surface area contributed by atoms with E-state index in [0.717, 1.165) is 18.2 Å². The average Bonchev–Trinajstić information content (AvgIpc) is 3.30. The average molecular weight is 530 g/mol. The lowest BCUT2D eigenvalue weighted by atomic mass is 10.1. The number of hydrogen-bond acceptors (Lipinski definition) is 6. The van der Waals surface area contributed by atoms with Crippen LogP contribution >= 0.6 is 22.9 Å². The molecule has 1 aromatic heterocycles. The zero-order valence-corrected chi connectivity index (χ0v) is 18.9. The maximum Gasteiger partial charge on any atom is 0.418 e. The Morgan fingerprint density at radius 3 is 2.12 bits per heavy atom. The molecule has 4 rings (SSSR count). The Kier molecular flexibility index (Phi) is 5.87. The highest BCUT2D eigenvalue weighted by Crippen LogP contribution is 2.39. The Morgan fingerprint density at radius 1 is 0.971 bits per heavy atom. The molecule has 8 nitrogen and oxygen atoms in total. The number of nitrogens with one attached hydrogen (secondary N) is 2. The Bertz CT molecular complexity index is 1420. The topological polar surface area (TPSA) is 113 Å². The second kappa shape index (κ2) is 8.42. The molecule has 0 radical (unpaired) electrons. The van der Waals surface area contributed by atoms with Gasteiger partial charge < -0.3 is 5.32 Å². The van der Waals surface area contributed by atoms with E-state index in [2.05, 4.69) is 0 Å². The van der Waals surface area contributed by atoms with Crippen LogP contribution in [0.15, 0.2) is 58.8 Å². The molecule has 0 unspecified atom stereocenters. The molecule has 14 heteroatoms. The molecule has 0 atom stereocenters. The minimum atomic E-state index is -5.02. The number of anilines is 2. The summed E-state index contributed by atoms with van der Waals surface area (Å²) in [6.45, 7) is 0. The number of benzene rings is 2. The first-order valence-corrected chi connectivity index (χ1v) is 11.8. The maximum atomic E-state index is 13.7. The van der Waals surface area contributed by atoms with Gasteiger partial charge in [0.15, 0.2) is 0 Å². The number of imide groups is 1. The molecule has 176 valence electrons. The zero-order chi connectivity index (χ0) is 24.8. The number of rotatable bonds is 4. The molecule has 34 heavy (non-hydrogen) atoms. The summed E-state index contributed by atoms with van der Waals surface area (Å²) < 4.78 is 67.0. The van der Waals surface area contributed by atoms with Crippen LogP contribution < -0.4 is 14.9 Å². The van der Waals surface area contributed by atoms with Crippen molar-refractivity contribution in [3.63, 3.8) is 0 Å². The lowest BCUT2D eigenvalue weighted by Gasteiger charge is -2.19. The van der Waals surface area contributed by atoms with Gasteiger partial charge in [0.2, 0.25) is 0 Å². The fourth-order valence-electron chi connectivity index (χ4n) is 3.20. The molecule has 2 heterocycles. The molecule has 0 saturated carbocycles. The predicted octanol–water partition coefficient (Wildman–Crippen LogP) is 4.73. The number of thiophene rings is 1. The van der Waals surface area contributed by atoms with E-state index >= 15 is 0 Å². The first kappa shape index (κ1) is 23.7. The number of nitrogens with zero attached hydrogens (tertiary/aromatic N) is 1. The first-order chi connectivity index (χ1) is 15.9. The fraction of sp³-hybridized carbons (Fsp3) is 0.0500. The van der Waals surface area contributed by atoms with Crippen LogP contribution in [-0.2, 0) is 16.2 Å². The summed E-state index contributed by atoms with van der Waals surface area (Å²) in [6, 6.07) is 9.09. The molecule has 0 spiro atoms. The van der Waals surface area contributed by atoms with Gasteiger partial charge in [-0.1, -0.05) is 23.7 Å². The number of fused-ring (bicyclic) bond motifs is 1. The number of carbonyl (C=O) groups excluding carboxylic acids is 3. The van der Waals surface area contributed by atoms with Gasteiger partial charge in [-0.2, -0.15) is 13.2 Å². The third-order valence-electron chi connectivity index (χ3n) is 4.65. The highest BCUT2D eigenvalue weighted by Gasteiger charge is 2.39. The number of halogens is 4. The van der Waals surface area contributed by atoms with Crippen molar-refractivity contribution < 1.29 is 36.0 Å². The van der Waals surface area contributed by atoms with Gasteiger partial charge in [0.05, 0.1) is 32.4 Å². The smallest absolute Gasteiger partial charge is 0.307 e. The third kappa shape index (κ3) is 4.36. The number of sulfonamides is 1. The van der Waals surface area contributed by atoms with Crippen LogP contribution in [0, 0.1) is 0 Å². The summed E-state index contributed by atoms with van der Waals surface area (Å²) >= 11 is 6.32. The standard InChI is InChI=1S/C20H11ClF3N3O5S2/c21-15-7-8-16(33-15)34(31,32)26-19(30)25-14-6-5-10(9-13(14)20(22,23)24)27-17(28)11-3-1-2-4-12(11)18(27)29/h1-9H,(H2,25,26,30). The van der Waals surface area contributed by atoms with E-state index in [0.29, 0.717) is 22.3 Å². The number of alkyl halides is 3. The van der Waals surface area contributed by atoms with Crippen molar-refractivity contribution in [2.45, 2.75) is 10.4 Å². The van der Waals surface area contributed by atoms with Gasteiger partial charge in [0.25, 0.3) is 21.8 Å². The quantitative estimate of drug-likeness (QED) is 0.474. The van der Waals surface area contributed by atoms with Crippen molar-refractivity contribution in [3.8, 4) is 0 Å². The molecule has 0 bridgehead atoms. The molecule has 4 amide bonds. The second-order valence-electron chi connectivity index (χ2n) is 6.84. The summed E-state index contributed by atoms with van der Waals surface area (Å²) in [7, 11) is -4.38. The van der Waals surface area contributed by atoms with Crippen molar-refractivity contribution in [2.24, 2.45) is 0 Å². The first-order valence-electron chi connectivity index (χ1n) is 9.17. The molecule has 1 aliphatic rings. The number of urea groups is 1. The molecule has 2 aromatic carbocycles. The van der Waals surface area contributed by atoms with Crippen molar-refractivity contribution >= 4 is 62.2 Å². The number of amides is 4. The van der Waals surface area contributed by atoms with Gasteiger partial charge in [-0.25, -0.2) is 22.8 Å². The van der Waals surface area contributed by atoms with Crippen LogP contribution in [0.3, 0.4) is 0 Å². The van der Waals surface area contributed by atoms with E-state index in [9.17, 15) is 36.0 Å². The van der Waals surface area contributed by atoms with Crippen molar-refractivity contribution in [1.29, 1.82) is 0 Å². The summed E-state index contributed by atoms with van der Waals surface area (Å²) in [6.07, 6.45) is -5.02. The van der Waals surface area contributed by atoms with E-state index in [4.69, 9.17) is 11.6 Å². The van der Waals surface area contributed by atoms with Gasteiger partial charge in [-0.3, -0.25) is 9.59 Å². The van der Waals surface area contributed by atoms with Crippen LogP contribution in [0.5, 0.6) is 0 Å². The van der Waals surface area contributed by atoms with Gasteiger partial charge in [-0.05, 0) is 42.5 Å². The van der Waals surface area contributed by atoms with Crippen LogP contribution in [0.25, 0.3) is 0 Å². The third-order valence-corrected chi connectivity index (χ3v) is 7.70. The largest absolute Gasteiger partial charge is 0.418 e. The lowest BCUT2D eigenvalue weighted by Crippen LogP contribution is -2.34. The normalized spacial score (nSPS) is 13.7. The van der Waals surface area contributed by atoms with Crippen LogP contribution in [0.4, 0.5) is 29.3 Å². The van der Waals surface area contributed by atoms with Gasteiger partial charge in [0.1, 0.15) is 4.21 Å². The van der Waals surface area contributed by atoms with Crippen molar-refractivity contribution in [3.05, 3.63) is 75.6 Å². The number of hydrogen-bond donors (Lipinski definition) is 2. The minimum absolute atomic E-state index is 0.0431. The summed E-state index contributed by atoms with van der Waals surface area (Å²) in [4.78, 5) is 37.9. The zero-order valence-electron chi connectivity index (χ0n) is 16.5. The summed E-state index contributed by atoms with van der Waals surface area (Å²) in [5.74, 6) is -1.60. The van der Waals surface area contributed by atoms with Crippen LogP contribution in [0.2, 0.25) is 4.34 Å². The minimum Gasteiger partial charge on any atom is -0.307 e. The fourth-order valence-corrected chi connectivity index (χ4v) is 5.59. The van der Waals surface area contributed by atoms with Crippen molar-refractivity contribution in [1.82, 2.24) is 4.72 Å². The van der Waals surface area contributed by atoms with E-state index < -0.39 is 45.3 Å². The van der Waals surface area contributed by atoms with Gasteiger partial charge in [-0.15, -0.1) is 11.3 Å². The molecule has 0 saturated heterocycles. The molecule has 0 fully saturated rings. The van der Waals surface area contributed by atoms with Crippen LogP contribution in [-0.4, -0.2) is 26.3 Å². The van der Waals surface area contributed by atoms with Gasteiger partial charge in [0, 0.05) is 0 Å². The maximum absolute atomic E-state index is 13.7. The molecule has 2 N–H and O–H groups in total. The highest BCUT2D eigenvalue weighted by atomic mass is 35.5. The highest BCUT2D eigenvalue weighted by molar-refractivity contribution is 7.92. The molecular weight excluding hydrogens is 519 g/mol. The predicted molar refractivity (Wildman–Crippen MR) is 118 cm³/mol. The Labute approximate surface area is 199 Å². The second-order valence-corrected chi connectivity index (χ2v) is 10.5. The molecular formula is C20H11ClF3N3O5S2. The van der Waals surface area contributed by atoms with E-state index in [-0.39, 0.29) is 25.4 Å². The Hall–Kier alpha value is -3.42. The molecule has 3 aromatic rings. The summed E-state index contributed by atoms with van der Waals surface area (Å²) in [5.41, 5.74) is -2.47. The number of carbonyl (C=O) groups is 3. The molecule has 1 aliphatic heterocycles. The van der Waals surface area contributed by atoms with Gasteiger partial charge >= 0.3 is 12.2 Å². The van der Waals surface area contributed by atoms with Crippen LogP contribution in [0.1, 0.15) is 26.3 Å².